The molecule has 0 rings (SSSR count). The molecular weight excluding hydrogens is 168 g/mol. The van der Waals surface area contributed by atoms with Crippen molar-refractivity contribution in [3.8, 4) is 0 Å². The van der Waals surface area contributed by atoms with E-state index in [2.05, 4.69) is 0 Å². The number of aldehydes is 1. The molecule has 0 aromatic carbocycles. The predicted molar refractivity (Wildman–Crippen MR) is 37.2 cm³/mol. The summed E-state index contributed by atoms with van der Waals surface area (Å²) in [4.78, 5) is 10.2. The minimum absolute atomic E-state index is 0.695. The zero-order chi connectivity index (χ0) is 14.3. The monoisotopic (exact) mass is 185 g/mol. The van der Waals surface area contributed by atoms with Crippen LogP contribution in [-0.4, -0.2) is 62.7 Å². The molecule has 0 fully saturated rings. The van der Waals surface area contributed by atoms with E-state index >= 15 is 0 Å². The van der Waals surface area contributed by atoms with Crippen LogP contribution in [0.2, 0.25) is 0 Å². The summed E-state index contributed by atoms with van der Waals surface area (Å²) < 4.78 is 33.9. The summed E-state index contributed by atoms with van der Waals surface area (Å²) in [5.41, 5.74) is 0. The Kier molecular flexibility index (Phi) is 2.27. The third-order valence-corrected chi connectivity index (χ3v) is 0.978. The Balaban J connectivity index is 5.53. The van der Waals surface area contributed by atoms with Crippen molar-refractivity contribution in [3.63, 3.8) is 0 Å². The fourth-order valence-electron chi connectivity index (χ4n) is 0.378. The lowest BCUT2D eigenvalue weighted by Gasteiger charge is -2.22. The van der Waals surface area contributed by atoms with Gasteiger partial charge in [-0.2, -0.15) is 0 Å². The molecule has 0 spiro atoms. The van der Waals surface area contributed by atoms with E-state index < -0.39 is 37.2 Å². The van der Waals surface area contributed by atoms with Gasteiger partial charge in [0.2, 0.25) is 0 Å². The van der Waals surface area contributed by atoms with Crippen molar-refractivity contribution in [3.05, 3.63) is 0 Å². The van der Waals surface area contributed by atoms with E-state index in [0.717, 1.165) is 0 Å². The molecule has 0 aromatic heterocycles. The van der Waals surface area contributed by atoms with E-state index in [1.165, 1.54) is 0 Å². The Hall–Kier alpha value is -0.530. The summed E-state index contributed by atoms with van der Waals surface area (Å²) in [5, 5.41) is 45.2. The second kappa shape index (κ2) is 5.18. The minimum atomic E-state index is -4.00. The van der Waals surface area contributed by atoms with Gasteiger partial charge in [-0.3, -0.25) is 0 Å². The van der Waals surface area contributed by atoms with Gasteiger partial charge in [0.1, 0.15) is 24.3 Å². The third-order valence-electron chi connectivity index (χ3n) is 0.978. The van der Waals surface area contributed by atoms with Crippen LogP contribution in [0.4, 0.5) is 0 Å². The summed E-state index contributed by atoms with van der Waals surface area (Å²) in [6, 6.07) is 0. The van der Waals surface area contributed by atoms with Gasteiger partial charge < -0.3 is 30.3 Å². The van der Waals surface area contributed by atoms with Crippen molar-refractivity contribution < 1.29 is 37.2 Å². The quantitative estimate of drug-likeness (QED) is 0.285. The maximum atomic E-state index is 10.2. The van der Waals surface area contributed by atoms with Crippen molar-refractivity contribution in [1.29, 1.82) is 0 Å². The Morgan fingerprint density at radius 1 is 1.33 bits per heavy atom. The van der Waals surface area contributed by atoms with Gasteiger partial charge in [0.25, 0.3) is 0 Å². The largest absolute Gasteiger partial charge is 0.394 e. The van der Waals surface area contributed by atoms with Crippen LogP contribution in [0.25, 0.3) is 0 Å². The Morgan fingerprint density at radius 2 is 1.83 bits per heavy atom. The van der Waals surface area contributed by atoms with E-state index in [4.69, 9.17) is 22.2 Å². The predicted octanol–water partition coefficient (Wildman–Crippen LogP) is -3.38. The Morgan fingerprint density at radius 3 is 2.17 bits per heavy atom. The zero-order valence-corrected chi connectivity index (χ0v) is 5.80. The fourth-order valence-corrected chi connectivity index (χ4v) is 0.378. The highest BCUT2D eigenvalue weighted by atomic mass is 16.4. The summed E-state index contributed by atoms with van der Waals surface area (Å²) in [6.07, 6.45) is -15.4. The molecule has 0 amide bonds. The van der Waals surface area contributed by atoms with Gasteiger partial charge >= 0.3 is 0 Å². The standard InChI is InChI=1S/C6H12O6/c7-1-3(9)5(11)6(12)4(10)2-8/h1,3-6,8-12H,2H2/t3-,4+,5+,6+/m0/s1/i2D2,3D,5D,6D. The van der Waals surface area contributed by atoms with Crippen LogP contribution in [0.15, 0.2) is 0 Å². The zero-order valence-electron chi connectivity index (χ0n) is 10.8. The van der Waals surface area contributed by atoms with Crippen molar-refractivity contribution in [2.24, 2.45) is 0 Å². The van der Waals surface area contributed by atoms with Crippen LogP contribution in [0.1, 0.15) is 6.85 Å². The molecule has 0 bridgehead atoms. The van der Waals surface area contributed by atoms with Gasteiger partial charge in [-0.25, -0.2) is 0 Å². The number of carbonyl (C=O) groups excluding carboxylic acids is 1. The second-order valence-electron chi connectivity index (χ2n) is 1.77. The fraction of sp³-hybridized carbons (Fsp3) is 0.833. The third kappa shape index (κ3) is 2.84. The molecular formula is C6H12O6. The van der Waals surface area contributed by atoms with Crippen LogP contribution in [0.3, 0.4) is 0 Å². The Bertz CT molecular complexity index is 298. The number of aliphatic hydroxyl groups excluding tert-OH is 1. The maximum Gasteiger partial charge on any atom is 0.151 e. The molecule has 0 unspecified atom stereocenters. The summed E-state index contributed by atoms with van der Waals surface area (Å²) in [5.74, 6) is 0. The lowest BCUT2D eigenvalue weighted by Crippen LogP contribution is -2.46. The second-order valence-corrected chi connectivity index (χ2v) is 1.77. The first-order chi connectivity index (χ1) is 7.22. The summed E-state index contributed by atoms with van der Waals surface area (Å²) in [7, 11) is 0. The first kappa shape index (κ1) is 5.25. The molecule has 6 heteroatoms. The molecule has 0 aliphatic carbocycles. The highest BCUT2D eigenvalue weighted by Crippen LogP contribution is 2.02. The SMILES string of the molecule is [2H]C([2H])(O)[C@@H](O)[C@@]([2H])(O)[C@]([2H])(O)[C@@]([2H])(O)C=O. The molecule has 0 heterocycles. The van der Waals surface area contributed by atoms with E-state index in [1.54, 1.807) is 0 Å². The maximum absolute atomic E-state index is 10.2. The molecule has 6 nitrogen and oxygen atoms in total. The van der Waals surface area contributed by atoms with Gasteiger partial charge in [0.15, 0.2) is 6.29 Å². The van der Waals surface area contributed by atoms with Crippen molar-refractivity contribution in [2.75, 3.05) is 6.56 Å². The van der Waals surface area contributed by atoms with Crippen molar-refractivity contribution >= 4 is 6.29 Å². The van der Waals surface area contributed by atoms with Gasteiger partial charge in [-0.15, -0.1) is 0 Å². The molecule has 72 valence electrons. The first-order valence-electron chi connectivity index (χ1n) is 5.25. The number of rotatable bonds is 5. The van der Waals surface area contributed by atoms with Gasteiger partial charge in [-0.1, -0.05) is 0 Å². The molecule has 12 heavy (non-hydrogen) atoms. The molecule has 4 atom stereocenters. The Labute approximate surface area is 75.7 Å². The van der Waals surface area contributed by atoms with Crippen molar-refractivity contribution in [2.45, 2.75) is 24.3 Å². The number of hydrogen-bond acceptors (Lipinski definition) is 6. The van der Waals surface area contributed by atoms with E-state index in [1.807, 2.05) is 0 Å². The van der Waals surface area contributed by atoms with Gasteiger partial charge in [-0.05, 0) is 0 Å². The van der Waals surface area contributed by atoms with E-state index in [0.29, 0.717) is 0 Å². The lowest BCUT2D eigenvalue weighted by atomic mass is 10.0. The number of carbonyl (C=O) groups is 1. The highest BCUT2D eigenvalue weighted by Gasteiger charge is 2.29. The van der Waals surface area contributed by atoms with Crippen molar-refractivity contribution in [1.82, 2.24) is 0 Å². The van der Waals surface area contributed by atoms with Crippen LogP contribution in [0, 0.1) is 0 Å². The summed E-state index contributed by atoms with van der Waals surface area (Å²) in [6.45, 7) is -3.61. The lowest BCUT2D eigenvalue weighted by molar-refractivity contribution is -0.136. The van der Waals surface area contributed by atoms with Crippen LogP contribution in [0.5, 0.6) is 0 Å². The van der Waals surface area contributed by atoms with Crippen LogP contribution < -0.4 is 0 Å². The molecule has 5 N–H and O–H groups in total. The minimum Gasteiger partial charge on any atom is -0.394 e. The summed E-state index contributed by atoms with van der Waals surface area (Å²) >= 11 is 0. The van der Waals surface area contributed by atoms with E-state index in [9.17, 15) is 15.0 Å². The van der Waals surface area contributed by atoms with Crippen LogP contribution in [-0.2, 0) is 4.79 Å². The molecule has 0 aromatic rings. The van der Waals surface area contributed by atoms with E-state index in [-0.39, 0.29) is 0 Å². The van der Waals surface area contributed by atoms with Gasteiger partial charge in [0, 0.05) is 0 Å². The number of aliphatic hydroxyl groups is 5. The first-order valence-corrected chi connectivity index (χ1v) is 2.75. The molecule has 0 radical (unpaired) electrons. The molecule has 0 saturated heterocycles. The molecule has 0 saturated carbocycles. The van der Waals surface area contributed by atoms with Crippen LogP contribution >= 0.6 is 0 Å². The average Bonchev–Trinajstić information content (AvgIpc) is 2.14. The highest BCUT2D eigenvalue weighted by molar-refractivity contribution is 5.56. The normalized spacial score (nSPS) is 36.2. The number of hydrogen-bond donors (Lipinski definition) is 5. The average molecular weight is 185 g/mol. The van der Waals surface area contributed by atoms with Gasteiger partial charge in [0.05, 0.1) is 13.4 Å². The molecule has 0 aliphatic heterocycles. The topological polar surface area (TPSA) is 118 Å². The molecule has 0 aliphatic rings. The smallest absolute Gasteiger partial charge is 0.151 e.